The van der Waals surface area contributed by atoms with E-state index in [0.29, 0.717) is 19.6 Å². The van der Waals surface area contributed by atoms with Crippen molar-refractivity contribution < 1.29 is 23.1 Å². The summed E-state index contributed by atoms with van der Waals surface area (Å²) in [7, 11) is -3.46. The lowest BCUT2D eigenvalue weighted by molar-refractivity contribution is -0.136. The van der Waals surface area contributed by atoms with Crippen molar-refractivity contribution in [2.75, 3.05) is 45.1 Å². The number of hydrogen-bond acceptors (Lipinski definition) is 5. The summed E-state index contributed by atoms with van der Waals surface area (Å²) in [6.45, 7) is 4.16. The molecule has 0 aromatic rings. The molecule has 8 heteroatoms. The van der Waals surface area contributed by atoms with E-state index in [0.717, 1.165) is 39.0 Å². The Labute approximate surface area is 125 Å². The standard InChI is InChI=1S/C13H24N2O5S/c16-13(17)4-10-21(18,19)15-6-2-5-14(7-8-15)11-12-3-1-9-20-12/h12H,1-11H2,(H,16,17). The molecule has 0 aromatic heterocycles. The zero-order valence-corrected chi connectivity index (χ0v) is 13.1. The predicted octanol–water partition coefficient (Wildman–Crippen LogP) is -0.0224. The molecule has 0 amide bonds. The molecule has 1 unspecified atom stereocenters. The summed E-state index contributed by atoms with van der Waals surface area (Å²) >= 11 is 0. The van der Waals surface area contributed by atoms with Gasteiger partial charge in [0.05, 0.1) is 18.3 Å². The molecular formula is C13H24N2O5S. The van der Waals surface area contributed by atoms with Gasteiger partial charge in [0.25, 0.3) is 0 Å². The molecule has 0 aliphatic carbocycles. The maximum Gasteiger partial charge on any atom is 0.304 e. The maximum atomic E-state index is 12.1. The summed E-state index contributed by atoms with van der Waals surface area (Å²) in [6.07, 6.45) is 2.91. The molecule has 2 saturated heterocycles. The van der Waals surface area contributed by atoms with Crippen LogP contribution >= 0.6 is 0 Å². The van der Waals surface area contributed by atoms with Gasteiger partial charge in [0.2, 0.25) is 10.0 Å². The second-order valence-corrected chi connectivity index (χ2v) is 7.74. The molecular weight excluding hydrogens is 296 g/mol. The molecule has 2 heterocycles. The Balaban J connectivity index is 1.83. The molecule has 2 aliphatic heterocycles. The number of rotatable bonds is 6. The second-order valence-electron chi connectivity index (χ2n) is 5.65. The molecule has 2 aliphatic rings. The molecule has 1 N–H and O–H groups in total. The molecule has 0 saturated carbocycles. The van der Waals surface area contributed by atoms with Crippen molar-refractivity contribution in [1.29, 1.82) is 0 Å². The highest BCUT2D eigenvalue weighted by Gasteiger charge is 2.27. The molecule has 2 rings (SSSR count). The Bertz CT molecular complexity index is 447. The monoisotopic (exact) mass is 320 g/mol. The van der Waals surface area contributed by atoms with Crippen LogP contribution in [0.25, 0.3) is 0 Å². The molecule has 122 valence electrons. The zero-order valence-electron chi connectivity index (χ0n) is 12.2. The van der Waals surface area contributed by atoms with E-state index in [1.807, 2.05) is 0 Å². The van der Waals surface area contributed by atoms with Crippen molar-refractivity contribution in [1.82, 2.24) is 9.21 Å². The highest BCUT2D eigenvalue weighted by atomic mass is 32.2. The van der Waals surface area contributed by atoms with Gasteiger partial charge in [-0.1, -0.05) is 0 Å². The average molecular weight is 320 g/mol. The van der Waals surface area contributed by atoms with Gasteiger partial charge in [0.1, 0.15) is 0 Å². The first kappa shape index (κ1) is 16.7. The number of carboxylic acid groups (broad SMARTS) is 1. The van der Waals surface area contributed by atoms with Crippen molar-refractivity contribution >= 4 is 16.0 Å². The largest absolute Gasteiger partial charge is 0.481 e. The fraction of sp³-hybridized carbons (Fsp3) is 0.923. The van der Waals surface area contributed by atoms with Crippen LogP contribution in [0.1, 0.15) is 25.7 Å². The van der Waals surface area contributed by atoms with Crippen LogP contribution in [0.3, 0.4) is 0 Å². The van der Waals surface area contributed by atoms with Crippen LogP contribution in [0.2, 0.25) is 0 Å². The Hall–Kier alpha value is -0.700. The molecule has 0 bridgehead atoms. The van der Waals surface area contributed by atoms with Crippen LogP contribution in [0.5, 0.6) is 0 Å². The summed E-state index contributed by atoms with van der Waals surface area (Å²) in [5.74, 6) is -1.39. The lowest BCUT2D eigenvalue weighted by Gasteiger charge is -2.23. The number of carboxylic acids is 1. The van der Waals surface area contributed by atoms with Gasteiger partial charge in [-0.2, -0.15) is 0 Å². The lowest BCUT2D eigenvalue weighted by atomic mass is 10.2. The lowest BCUT2D eigenvalue weighted by Crippen LogP contribution is -2.38. The summed E-state index contributed by atoms with van der Waals surface area (Å²) < 4.78 is 31.3. The van der Waals surface area contributed by atoms with Crippen molar-refractivity contribution in [2.24, 2.45) is 0 Å². The normalized spacial score (nSPS) is 25.8. The van der Waals surface area contributed by atoms with Gasteiger partial charge < -0.3 is 9.84 Å². The molecule has 0 radical (unpaired) electrons. The van der Waals surface area contributed by atoms with Crippen LogP contribution in [-0.4, -0.2) is 79.9 Å². The van der Waals surface area contributed by atoms with Gasteiger partial charge in [0, 0.05) is 32.8 Å². The van der Waals surface area contributed by atoms with Gasteiger partial charge >= 0.3 is 5.97 Å². The number of aliphatic carboxylic acids is 1. The highest BCUT2D eigenvalue weighted by molar-refractivity contribution is 7.89. The number of carbonyl (C=O) groups is 1. The van der Waals surface area contributed by atoms with Gasteiger partial charge in [0.15, 0.2) is 0 Å². The van der Waals surface area contributed by atoms with Crippen LogP contribution in [0, 0.1) is 0 Å². The predicted molar refractivity (Wildman–Crippen MR) is 77.6 cm³/mol. The summed E-state index contributed by atoms with van der Waals surface area (Å²) in [4.78, 5) is 12.8. The summed E-state index contributed by atoms with van der Waals surface area (Å²) in [6, 6.07) is 0. The van der Waals surface area contributed by atoms with E-state index in [4.69, 9.17) is 9.84 Å². The Morgan fingerprint density at radius 3 is 2.67 bits per heavy atom. The maximum absolute atomic E-state index is 12.1. The Kier molecular flexibility index (Phi) is 5.98. The smallest absolute Gasteiger partial charge is 0.304 e. The van der Waals surface area contributed by atoms with E-state index < -0.39 is 16.0 Å². The minimum atomic E-state index is -3.46. The molecule has 21 heavy (non-hydrogen) atoms. The third-order valence-electron chi connectivity index (χ3n) is 4.00. The van der Waals surface area contributed by atoms with Crippen molar-refractivity contribution in [3.8, 4) is 0 Å². The fourth-order valence-electron chi connectivity index (χ4n) is 2.83. The van der Waals surface area contributed by atoms with Gasteiger partial charge in [-0.15, -0.1) is 0 Å². The van der Waals surface area contributed by atoms with Gasteiger partial charge in [-0.05, 0) is 25.8 Å². The summed E-state index contributed by atoms with van der Waals surface area (Å²) in [5, 5.41) is 8.63. The zero-order chi connectivity index (χ0) is 15.3. The third kappa shape index (κ3) is 5.21. The first-order valence-electron chi connectivity index (χ1n) is 7.51. The Morgan fingerprint density at radius 1 is 1.19 bits per heavy atom. The SMILES string of the molecule is O=C(O)CCS(=O)(=O)N1CCCN(CC2CCCO2)CC1. The molecule has 0 spiro atoms. The number of nitrogens with zero attached hydrogens (tertiary/aromatic N) is 2. The number of ether oxygens (including phenoxy) is 1. The van der Waals surface area contributed by atoms with Crippen molar-refractivity contribution in [2.45, 2.75) is 31.8 Å². The quantitative estimate of drug-likeness (QED) is 0.740. The average Bonchev–Trinajstić information content (AvgIpc) is 2.81. The molecule has 2 fully saturated rings. The van der Waals surface area contributed by atoms with Crippen LogP contribution < -0.4 is 0 Å². The molecule has 7 nitrogen and oxygen atoms in total. The van der Waals surface area contributed by atoms with E-state index in [2.05, 4.69) is 4.90 Å². The van der Waals surface area contributed by atoms with Crippen molar-refractivity contribution in [3.05, 3.63) is 0 Å². The Morgan fingerprint density at radius 2 is 2.00 bits per heavy atom. The first-order chi connectivity index (χ1) is 9.97. The summed E-state index contributed by atoms with van der Waals surface area (Å²) in [5.41, 5.74) is 0. The van der Waals surface area contributed by atoms with E-state index in [-0.39, 0.29) is 18.3 Å². The number of sulfonamides is 1. The van der Waals surface area contributed by atoms with E-state index in [1.54, 1.807) is 0 Å². The minimum Gasteiger partial charge on any atom is -0.481 e. The third-order valence-corrected chi connectivity index (χ3v) is 5.87. The van der Waals surface area contributed by atoms with Gasteiger partial charge in [-0.3, -0.25) is 9.69 Å². The van der Waals surface area contributed by atoms with Crippen LogP contribution in [-0.2, 0) is 19.6 Å². The number of hydrogen-bond donors (Lipinski definition) is 1. The topological polar surface area (TPSA) is 87.1 Å². The van der Waals surface area contributed by atoms with E-state index in [9.17, 15) is 13.2 Å². The van der Waals surface area contributed by atoms with Gasteiger partial charge in [-0.25, -0.2) is 12.7 Å². The first-order valence-corrected chi connectivity index (χ1v) is 9.12. The van der Waals surface area contributed by atoms with Crippen LogP contribution in [0.15, 0.2) is 0 Å². The van der Waals surface area contributed by atoms with Crippen molar-refractivity contribution in [3.63, 3.8) is 0 Å². The van der Waals surface area contributed by atoms with E-state index >= 15 is 0 Å². The molecule has 1 atom stereocenters. The fourth-order valence-corrected chi connectivity index (χ4v) is 4.29. The second kappa shape index (κ2) is 7.53. The van der Waals surface area contributed by atoms with E-state index in [1.165, 1.54) is 4.31 Å². The minimum absolute atomic E-state index is 0.278. The molecule has 0 aromatic carbocycles. The highest BCUT2D eigenvalue weighted by Crippen LogP contribution is 2.15. The van der Waals surface area contributed by atoms with Crippen LogP contribution in [0.4, 0.5) is 0 Å².